The molecular weight excluding hydrogens is 254 g/mol. The fourth-order valence-electron chi connectivity index (χ4n) is 1.86. The Bertz CT molecular complexity index is 592. The number of halogens is 1. The number of nitrogens with zero attached hydrogens (tertiary/aromatic N) is 3. The molecule has 6 heteroatoms. The van der Waals surface area contributed by atoms with Crippen LogP contribution in [0, 0.1) is 0 Å². The number of benzene rings is 1. The number of carbonyl (C=O) groups is 1. The number of aromatic nitrogens is 3. The Balaban J connectivity index is 1.97. The number of carbonyl (C=O) groups excluding carboxylic acids is 1. The van der Waals surface area contributed by atoms with Gasteiger partial charge in [0, 0.05) is 23.6 Å². The minimum atomic E-state index is -0.199. The first-order valence-corrected chi connectivity index (χ1v) is 6.00. The van der Waals surface area contributed by atoms with E-state index in [9.17, 15) is 4.79 Å². The molecule has 0 atom stereocenters. The van der Waals surface area contributed by atoms with Gasteiger partial charge in [0.2, 0.25) is 11.7 Å². The van der Waals surface area contributed by atoms with Crippen LogP contribution >= 0.6 is 11.6 Å². The summed E-state index contributed by atoms with van der Waals surface area (Å²) >= 11 is 5.79. The maximum Gasteiger partial charge on any atom is 0.244 e. The lowest BCUT2D eigenvalue weighted by Crippen LogP contribution is -2.16. The average Bonchev–Trinajstić information content (AvgIpc) is 2.82. The van der Waals surface area contributed by atoms with Crippen LogP contribution in [0.1, 0.15) is 22.5 Å². The minimum absolute atomic E-state index is 0.199. The Kier molecular flexibility index (Phi) is 2.76. The highest BCUT2D eigenvalue weighted by molar-refractivity contribution is 6.30. The van der Waals surface area contributed by atoms with E-state index >= 15 is 0 Å². The van der Waals surface area contributed by atoms with Gasteiger partial charge in [-0.3, -0.25) is 4.79 Å². The number of ketones is 1. The van der Waals surface area contributed by atoms with Gasteiger partial charge in [-0.2, -0.15) is 0 Å². The summed E-state index contributed by atoms with van der Waals surface area (Å²) in [6.07, 6.45) is 0.880. The first-order valence-electron chi connectivity index (χ1n) is 5.62. The number of ether oxygens (including phenoxy) is 1. The van der Waals surface area contributed by atoms with Crippen molar-refractivity contribution in [3.05, 3.63) is 40.5 Å². The lowest BCUT2D eigenvalue weighted by Gasteiger charge is -2.14. The molecule has 92 valence electrons. The van der Waals surface area contributed by atoms with E-state index in [-0.39, 0.29) is 11.5 Å². The molecule has 5 nitrogen and oxygen atoms in total. The molecular formula is C12H10ClN3O2. The SMILES string of the molecule is O=C(c1ccc(Cl)cc1)c1nnn2c1OCCC2. The molecule has 0 bridgehead atoms. The Labute approximate surface area is 108 Å². The second kappa shape index (κ2) is 4.42. The van der Waals surface area contributed by atoms with Gasteiger partial charge in [0.15, 0.2) is 5.69 Å². The molecule has 0 aliphatic carbocycles. The van der Waals surface area contributed by atoms with Gasteiger partial charge >= 0.3 is 0 Å². The molecule has 0 radical (unpaired) electrons. The summed E-state index contributed by atoms with van der Waals surface area (Å²) < 4.78 is 7.07. The predicted molar refractivity (Wildman–Crippen MR) is 65.0 cm³/mol. The highest BCUT2D eigenvalue weighted by atomic mass is 35.5. The van der Waals surface area contributed by atoms with Crippen molar-refractivity contribution < 1.29 is 9.53 Å². The molecule has 0 N–H and O–H groups in total. The van der Waals surface area contributed by atoms with Crippen molar-refractivity contribution in [3.8, 4) is 5.88 Å². The van der Waals surface area contributed by atoms with Crippen molar-refractivity contribution in [2.75, 3.05) is 6.61 Å². The molecule has 0 unspecified atom stereocenters. The minimum Gasteiger partial charge on any atom is -0.476 e. The van der Waals surface area contributed by atoms with Crippen molar-refractivity contribution in [2.45, 2.75) is 13.0 Å². The molecule has 1 aromatic heterocycles. The van der Waals surface area contributed by atoms with E-state index in [1.54, 1.807) is 28.9 Å². The van der Waals surface area contributed by atoms with Crippen LogP contribution in [-0.2, 0) is 6.54 Å². The van der Waals surface area contributed by atoms with Gasteiger partial charge in [-0.05, 0) is 24.3 Å². The lowest BCUT2D eigenvalue weighted by molar-refractivity contribution is 0.102. The van der Waals surface area contributed by atoms with Gasteiger partial charge in [-0.1, -0.05) is 16.8 Å². The first kappa shape index (κ1) is 11.2. The second-order valence-corrected chi connectivity index (χ2v) is 4.44. The molecule has 0 saturated heterocycles. The van der Waals surface area contributed by atoms with Crippen LogP contribution in [0.25, 0.3) is 0 Å². The van der Waals surface area contributed by atoms with E-state index in [1.165, 1.54) is 0 Å². The second-order valence-electron chi connectivity index (χ2n) is 4.00. The van der Waals surface area contributed by atoms with Crippen molar-refractivity contribution in [1.82, 2.24) is 15.0 Å². The van der Waals surface area contributed by atoms with E-state index in [1.807, 2.05) is 0 Å². The molecule has 0 saturated carbocycles. The summed E-state index contributed by atoms with van der Waals surface area (Å²) in [5, 5.41) is 8.41. The average molecular weight is 264 g/mol. The standard InChI is InChI=1S/C12H10ClN3O2/c13-9-4-2-8(3-5-9)11(17)10-12-16(15-14-10)6-1-7-18-12/h2-5H,1,6-7H2. The highest BCUT2D eigenvalue weighted by Gasteiger charge is 2.24. The zero-order valence-corrected chi connectivity index (χ0v) is 10.2. The fourth-order valence-corrected chi connectivity index (χ4v) is 1.98. The topological polar surface area (TPSA) is 57.0 Å². The molecule has 1 aromatic carbocycles. The molecule has 3 rings (SSSR count). The van der Waals surface area contributed by atoms with Crippen LogP contribution in [0.5, 0.6) is 5.88 Å². The molecule has 2 heterocycles. The van der Waals surface area contributed by atoms with E-state index in [0.29, 0.717) is 23.1 Å². The van der Waals surface area contributed by atoms with Crippen molar-refractivity contribution >= 4 is 17.4 Å². The molecule has 18 heavy (non-hydrogen) atoms. The van der Waals surface area contributed by atoms with Crippen LogP contribution in [0.2, 0.25) is 5.02 Å². The van der Waals surface area contributed by atoms with Crippen LogP contribution in [-0.4, -0.2) is 27.4 Å². The number of hydrogen-bond donors (Lipinski definition) is 0. The van der Waals surface area contributed by atoms with Crippen molar-refractivity contribution in [2.24, 2.45) is 0 Å². The first-order chi connectivity index (χ1) is 8.75. The largest absolute Gasteiger partial charge is 0.476 e. The summed E-state index contributed by atoms with van der Waals surface area (Å²) in [5.41, 5.74) is 0.786. The van der Waals surface area contributed by atoms with Gasteiger partial charge in [0.1, 0.15) is 0 Å². The summed E-state index contributed by atoms with van der Waals surface area (Å²) in [4.78, 5) is 12.3. The maximum atomic E-state index is 12.3. The smallest absolute Gasteiger partial charge is 0.244 e. The Morgan fingerprint density at radius 1 is 1.33 bits per heavy atom. The van der Waals surface area contributed by atoms with E-state index < -0.39 is 0 Å². The van der Waals surface area contributed by atoms with Crippen LogP contribution in [0.15, 0.2) is 24.3 Å². The predicted octanol–water partition coefficient (Wildman–Crippen LogP) is 1.94. The zero-order valence-electron chi connectivity index (χ0n) is 9.47. The Morgan fingerprint density at radius 2 is 2.11 bits per heavy atom. The van der Waals surface area contributed by atoms with Crippen LogP contribution in [0.4, 0.5) is 0 Å². The number of hydrogen-bond acceptors (Lipinski definition) is 4. The van der Waals surface area contributed by atoms with Gasteiger partial charge < -0.3 is 4.74 Å². The van der Waals surface area contributed by atoms with Crippen molar-refractivity contribution in [1.29, 1.82) is 0 Å². The Hall–Kier alpha value is -1.88. The zero-order chi connectivity index (χ0) is 12.5. The molecule has 0 spiro atoms. The third kappa shape index (κ3) is 1.86. The number of fused-ring (bicyclic) bond motifs is 1. The summed E-state index contributed by atoms with van der Waals surface area (Å²) in [7, 11) is 0. The van der Waals surface area contributed by atoms with E-state index in [4.69, 9.17) is 16.3 Å². The lowest BCUT2D eigenvalue weighted by atomic mass is 10.1. The van der Waals surface area contributed by atoms with Gasteiger partial charge in [-0.25, -0.2) is 4.68 Å². The third-order valence-electron chi connectivity index (χ3n) is 2.76. The Morgan fingerprint density at radius 3 is 2.89 bits per heavy atom. The maximum absolute atomic E-state index is 12.3. The van der Waals surface area contributed by atoms with E-state index in [2.05, 4.69) is 10.3 Å². The third-order valence-corrected chi connectivity index (χ3v) is 3.02. The normalized spacial score (nSPS) is 13.8. The quantitative estimate of drug-likeness (QED) is 0.777. The highest BCUT2D eigenvalue weighted by Crippen LogP contribution is 2.23. The fraction of sp³-hybridized carbons (Fsp3) is 0.250. The van der Waals surface area contributed by atoms with Gasteiger partial charge in [-0.15, -0.1) is 5.10 Å². The van der Waals surface area contributed by atoms with Crippen LogP contribution < -0.4 is 4.74 Å². The molecule has 1 aliphatic rings. The number of aryl methyl sites for hydroxylation is 1. The van der Waals surface area contributed by atoms with E-state index in [0.717, 1.165) is 13.0 Å². The van der Waals surface area contributed by atoms with Crippen LogP contribution in [0.3, 0.4) is 0 Å². The molecule has 0 fully saturated rings. The monoisotopic (exact) mass is 263 g/mol. The summed E-state index contributed by atoms with van der Waals surface area (Å²) in [5.74, 6) is 0.260. The van der Waals surface area contributed by atoms with Gasteiger partial charge in [0.05, 0.1) is 6.61 Å². The molecule has 1 aliphatic heterocycles. The molecule has 0 amide bonds. The van der Waals surface area contributed by atoms with Gasteiger partial charge in [0.25, 0.3) is 0 Å². The summed E-state index contributed by atoms with van der Waals surface area (Å²) in [6, 6.07) is 6.68. The number of rotatable bonds is 2. The molecule has 2 aromatic rings. The van der Waals surface area contributed by atoms with Crippen molar-refractivity contribution in [3.63, 3.8) is 0 Å². The summed E-state index contributed by atoms with van der Waals surface area (Å²) in [6.45, 7) is 1.32.